The van der Waals surface area contributed by atoms with Gasteiger partial charge in [-0.05, 0) is 37.7 Å². The maximum atomic E-state index is 11.5. The van der Waals surface area contributed by atoms with E-state index >= 15 is 0 Å². The second-order valence-corrected chi connectivity index (χ2v) is 3.50. The smallest absolute Gasteiger partial charge is 0.158 e. The highest BCUT2D eigenvalue weighted by molar-refractivity contribution is 5.95. The Hall–Kier alpha value is -0.590. The molecule has 1 rings (SSSR count). The third-order valence-corrected chi connectivity index (χ3v) is 2.38. The van der Waals surface area contributed by atoms with Crippen LogP contribution in [0.2, 0.25) is 0 Å². The molecule has 1 heteroatoms. The van der Waals surface area contributed by atoms with Crippen LogP contribution in [0.1, 0.15) is 51.9 Å². The Morgan fingerprint density at radius 2 is 2.25 bits per heavy atom. The molecule has 0 N–H and O–H groups in total. The highest BCUT2D eigenvalue weighted by Gasteiger charge is 2.09. The third kappa shape index (κ3) is 2.80. The predicted molar refractivity (Wildman–Crippen MR) is 51.1 cm³/mol. The number of hydrogen-bond donors (Lipinski definition) is 0. The van der Waals surface area contributed by atoms with Gasteiger partial charge in [-0.2, -0.15) is 0 Å². The van der Waals surface area contributed by atoms with E-state index < -0.39 is 0 Å². The molecular weight excluding hydrogens is 148 g/mol. The fraction of sp³-hybridized carbons (Fsp3) is 0.727. The van der Waals surface area contributed by atoms with Crippen molar-refractivity contribution < 1.29 is 4.79 Å². The largest absolute Gasteiger partial charge is 0.295 e. The van der Waals surface area contributed by atoms with E-state index in [4.69, 9.17) is 0 Å². The van der Waals surface area contributed by atoms with E-state index in [0.717, 1.165) is 31.3 Å². The average molecular weight is 166 g/mol. The van der Waals surface area contributed by atoms with Crippen LogP contribution in [0.15, 0.2) is 11.6 Å². The Balaban J connectivity index is 2.47. The van der Waals surface area contributed by atoms with Crippen LogP contribution in [0, 0.1) is 0 Å². The van der Waals surface area contributed by atoms with Crippen LogP contribution in [0.25, 0.3) is 0 Å². The Kier molecular flexibility index (Phi) is 4.06. The summed E-state index contributed by atoms with van der Waals surface area (Å²) in [7, 11) is 0. The van der Waals surface area contributed by atoms with Crippen molar-refractivity contribution in [2.75, 3.05) is 0 Å². The lowest BCUT2D eigenvalue weighted by Gasteiger charge is -2.01. The second-order valence-electron chi connectivity index (χ2n) is 3.50. The SMILES string of the molecule is CCCC(=O)C1=CCCCCC1. The summed E-state index contributed by atoms with van der Waals surface area (Å²) in [5.41, 5.74) is 1.11. The Morgan fingerprint density at radius 1 is 1.42 bits per heavy atom. The Labute approximate surface area is 74.9 Å². The van der Waals surface area contributed by atoms with Gasteiger partial charge in [0.1, 0.15) is 0 Å². The normalized spacial score (nSPS) is 18.2. The van der Waals surface area contributed by atoms with Crippen molar-refractivity contribution in [1.29, 1.82) is 0 Å². The third-order valence-electron chi connectivity index (χ3n) is 2.38. The number of rotatable bonds is 3. The van der Waals surface area contributed by atoms with Gasteiger partial charge in [-0.25, -0.2) is 0 Å². The molecule has 0 saturated heterocycles. The van der Waals surface area contributed by atoms with Crippen LogP contribution < -0.4 is 0 Å². The van der Waals surface area contributed by atoms with Gasteiger partial charge in [-0.3, -0.25) is 4.79 Å². The monoisotopic (exact) mass is 166 g/mol. The molecule has 12 heavy (non-hydrogen) atoms. The summed E-state index contributed by atoms with van der Waals surface area (Å²) in [6.45, 7) is 2.06. The van der Waals surface area contributed by atoms with Crippen molar-refractivity contribution >= 4 is 5.78 Å². The molecule has 0 bridgehead atoms. The highest BCUT2D eigenvalue weighted by Crippen LogP contribution is 2.18. The molecule has 0 aromatic rings. The standard InChI is InChI=1S/C11H18O/c1-2-7-11(12)10-8-5-3-4-6-9-10/h8H,2-7,9H2,1H3. The molecule has 0 aromatic carbocycles. The van der Waals surface area contributed by atoms with Crippen molar-refractivity contribution in [2.45, 2.75) is 51.9 Å². The molecule has 1 aliphatic rings. The molecule has 0 aliphatic heterocycles. The molecule has 0 fully saturated rings. The first kappa shape index (κ1) is 9.50. The lowest BCUT2D eigenvalue weighted by Crippen LogP contribution is -2.01. The topological polar surface area (TPSA) is 17.1 Å². The second kappa shape index (κ2) is 5.13. The van der Waals surface area contributed by atoms with E-state index in [0.29, 0.717) is 5.78 Å². The molecule has 1 aliphatic carbocycles. The van der Waals surface area contributed by atoms with Crippen LogP contribution in [-0.4, -0.2) is 5.78 Å². The zero-order valence-corrected chi connectivity index (χ0v) is 7.94. The van der Waals surface area contributed by atoms with Crippen molar-refractivity contribution in [3.8, 4) is 0 Å². The van der Waals surface area contributed by atoms with Gasteiger partial charge in [0.15, 0.2) is 5.78 Å². The summed E-state index contributed by atoms with van der Waals surface area (Å²) >= 11 is 0. The molecule has 0 aromatic heterocycles. The van der Waals surface area contributed by atoms with Crippen molar-refractivity contribution in [3.05, 3.63) is 11.6 Å². The molecule has 0 heterocycles. The average Bonchev–Trinajstić information content (AvgIpc) is 2.32. The van der Waals surface area contributed by atoms with Crippen LogP contribution in [0.3, 0.4) is 0 Å². The highest BCUT2D eigenvalue weighted by atomic mass is 16.1. The summed E-state index contributed by atoms with van der Waals surface area (Å²) in [5.74, 6) is 0.388. The molecule has 0 radical (unpaired) electrons. The number of carbonyl (C=O) groups excluding carboxylic acids is 1. The molecule has 68 valence electrons. The van der Waals surface area contributed by atoms with Crippen LogP contribution in [-0.2, 0) is 4.79 Å². The van der Waals surface area contributed by atoms with E-state index in [1.54, 1.807) is 0 Å². The van der Waals surface area contributed by atoms with Gasteiger partial charge in [0.05, 0.1) is 0 Å². The van der Waals surface area contributed by atoms with E-state index in [1.807, 2.05) is 0 Å². The van der Waals surface area contributed by atoms with E-state index in [-0.39, 0.29) is 0 Å². The van der Waals surface area contributed by atoms with Crippen molar-refractivity contribution in [3.63, 3.8) is 0 Å². The first-order valence-corrected chi connectivity index (χ1v) is 5.07. The number of Topliss-reactive ketones (excluding diaryl/α,β-unsaturated/α-hetero) is 1. The van der Waals surface area contributed by atoms with Crippen molar-refractivity contribution in [2.24, 2.45) is 0 Å². The zero-order valence-electron chi connectivity index (χ0n) is 7.94. The number of hydrogen-bond acceptors (Lipinski definition) is 1. The van der Waals surface area contributed by atoms with Crippen LogP contribution >= 0.6 is 0 Å². The predicted octanol–water partition coefficient (Wildman–Crippen LogP) is 3.25. The van der Waals surface area contributed by atoms with Gasteiger partial charge >= 0.3 is 0 Å². The van der Waals surface area contributed by atoms with Crippen LogP contribution in [0.4, 0.5) is 0 Å². The van der Waals surface area contributed by atoms with Gasteiger partial charge in [0.25, 0.3) is 0 Å². The quantitative estimate of drug-likeness (QED) is 0.629. The minimum absolute atomic E-state index is 0.388. The molecule has 0 spiro atoms. The van der Waals surface area contributed by atoms with Crippen LogP contribution in [0.5, 0.6) is 0 Å². The van der Waals surface area contributed by atoms with E-state index in [9.17, 15) is 4.79 Å². The van der Waals surface area contributed by atoms with E-state index in [1.165, 1.54) is 19.3 Å². The first-order chi connectivity index (χ1) is 5.84. The number of carbonyl (C=O) groups is 1. The fourth-order valence-electron chi connectivity index (χ4n) is 1.66. The summed E-state index contributed by atoms with van der Waals surface area (Å²) in [6.07, 6.45) is 9.79. The maximum Gasteiger partial charge on any atom is 0.158 e. The number of ketones is 1. The molecular formula is C11H18O. The van der Waals surface area contributed by atoms with Gasteiger partial charge in [-0.1, -0.05) is 19.4 Å². The summed E-state index contributed by atoms with van der Waals surface area (Å²) in [4.78, 5) is 11.5. The minimum atomic E-state index is 0.388. The van der Waals surface area contributed by atoms with Gasteiger partial charge < -0.3 is 0 Å². The Morgan fingerprint density at radius 3 is 3.00 bits per heavy atom. The summed E-state index contributed by atoms with van der Waals surface area (Å²) in [6, 6.07) is 0. The van der Waals surface area contributed by atoms with Gasteiger partial charge in [0.2, 0.25) is 0 Å². The lowest BCUT2D eigenvalue weighted by molar-refractivity contribution is -0.115. The molecule has 0 saturated carbocycles. The lowest BCUT2D eigenvalue weighted by atomic mass is 10.0. The summed E-state index contributed by atoms with van der Waals surface area (Å²) < 4.78 is 0. The molecule has 1 nitrogen and oxygen atoms in total. The Bertz CT molecular complexity index is 179. The van der Waals surface area contributed by atoms with E-state index in [2.05, 4.69) is 13.0 Å². The molecule has 0 amide bonds. The number of allylic oxidation sites excluding steroid dienone is 2. The minimum Gasteiger partial charge on any atom is -0.295 e. The zero-order chi connectivity index (χ0) is 8.81. The van der Waals surface area contributed by atoms with Gasteiger partial charge in [-0.15, -0.1) is 0 Å². The maximum absolute atomic E-state index is 11.5. The first-order valence-electron chi connectivity index (χ1n) is 5.07. The summed E-state index contributed by atoms with van der Waals surface area (Å²) in [5, 5.41) is 0. The van der Waals surface area contributed by atoms with Gasteiger partial charge in [0, 0.05) is 6.42 Å². The fourth-order valence-corrected chi connectivity index (χ4v) is 1.66. The van der Waals surface area contributed by atoms with Crippen molar-refractivity contribution in [1.82, 2.24) is 0 Å². The molecule has 0 atom stereocenters. The molecule has 0 unspecified atom stereocenters.